The molecule has 3 heterocycles. The number of nitrogens with one attached hydrogen (secondary N) is 2. The van der Waals surface area contributed by atoms with Crippen molar-refractivity contribution >= 4 is 23.1 Å². The highest BCUT2D eigenvalue weighted by Crippen LogP contribution is 2.24. The molecule has 2 atom stereocenters. The van der Waals surface area contributed by atoms with Crippen LogP contribution in [0.2, 0.25) is 0 Å². The molecular weight excluding hydrogens is 274 g/mol. The monoisotopic (exact) mass is 292 g/mol. The standard InChI is InChI=1S/C14H17N3O2S/c1-9-7-13(16-19-9)15-14(18)8-17-5-3-12-11(10(17)2)4-6-20-12/h4,6-7,10H,3,5,8H2,1-2H3,(H,15,16,18)/p+1/t10-/m1/s1. The number of aryl methyl sites for hydroxylation is 1. The van der Waals surface area contributed by atoms with Gasteiger partial charge in [-0.1, -0.05) is 5.16 Å². The van der Waals surface area contributed by atoms with Gasteiger partial charge in [-0.3, -0.25) is 4.79 Å². The molecule has 0 aliphatic carbocycles. The summed E-state index contributed by atoms with van der Waals surface area (Å²) < 4.78 is 4.94. The van der Waals surface area contributed by atoms with Crippen LogP contribution in [-0.2, 0) is 11.2 Å². The van der Waals surface area contributed by atoms with E-state index in [0.717, 1.165) is 13.0 Å². The zero-order valence-electron chi connectivity index (χ0n) is 11.6. The van der Waals surface area contributed by atoms with Gasteiger partial charge in [0.05, 0.1) is 6.54 Å². The van der Waals surface area contributed by atoms with Crippen LogP contribution >= 0.6 is 11.3 Å². The highest BCUT2D eigenvalue weighted by atomic mass is 32.1. The fourth-order valence-electron chi connectivity index (χ4n) is 2.71. The Morgan fingerprint density at radius 1 is 1.65 bits per heavy atom. The van der Waals surface area contributed by atoms with Crippen molar-refractivity contribution in [2.75, 3.05) is 18.4 Å². The van der Waals surface area contributed by atoms with Crippen LogP contribution in [0.1, 0.15) is 29.2 Å². The van der Waals surface area contributed by atoms with Crippen molar-refractivity contribution in [2.45, 2.75) is 26.3 Å². The number of hydrogen-bond acceptors (Lipinski definition) is 4. The number of fused-ring (bicyclic) bond motifs is 1. The Balaban J connectivity index is 1.62. The Bertz CT molecular complexity index is 619. The van der Waals surface area contributed by atoms with E-state index in [2.05, 4.69) is 28.8 Å². The third kappa shape index (κ3) is 2.62. The quantitative estimate of drug-likeness (QED) is 0.893. The zero-order chi connectivity index (χ0) is 14.1. The van der Waals surface area contributed by atoms with E-state index >= 15 is 0 Å². The van der Waals surface area contributed by atoms with E-state index < -0.39 is 0 Å². The summed E-state index contributed by atoms with van der Waals surface area (Å²) in [4.78, 5) is 14.8. The van der Waals surface area contributed by atoms with Gasteiger partial charge in [-0.15, -0.1) is 11.3 Å². The number of carbonyl (C=O) groups excluding carboxylic acids is 1. The SMILES string of the molecule is Cc1cc(NC(=O)C[NH+]2CCc3sccc3[C@H]2C)no1. The van der Waals surface area contributed by atoms with Crippen molar-refractivity contribution in [3.8, 4) is 0 Å². The van der Waals surface area contributed by atoms with Crippen molar-refractivity contribution in [2.24, 2.45) is 0 Å². The molecule has 1 unspecified atom stereocenters. The van der Waals surface area contributed by atoms with Gasteiger partial charge in [-0.25, -0.2) is 0 Å². The number of nitrogens with zero attached hydrogens (tertiary/aromatic N) is 1. The average molecular weight is 292 g/mol. The first-order valence-corrected chi connectivity index (χ1v) is 7.65. The van der Waals surface area contributed by atoms with Gasteiger partial charge < -0.3 is 14.7 Å². The molecule has 3 rings (SSSR count). The second kappa shape index (κ2) is 5.38. The summed E-state index contributed by atoms with van der Waals surface area (Å²) in [5, 5.41) is 8.71. The maximum atomic E-state index is 12.1. The highest BCUT2D eigenvalue weighted by molar-refractivity contribution is 7.10. The van der Waals surface area contributed by atoms with E-state index in [9.17, 15) is 4.79 Å². The number of carbonyl (C=O) groups is 1. The molecule has 20 heavy (non-hydrogen) atoms. The second-order valence-electron chi connectivity index (χ2n) is 5.23. The molecule has 2 aromatic rings. The topological polar surface area (TPSA) is 59.6 Å². The molecule has 1 aliphatic rings. The fraction of sp³-hybridized carbons (Fsp3) is 0.429. The van der Waals surface area contributed by atoms with Gasteiger partial charge in [0.1, 0.15) is 11.8 Å². The van der Waals surface area contributed by atoms with Crippen LogP contribution in [0.15, 0.2) is 22.0 Å². The van der Waals surface area contributed by atoms with Gasteiger partial charge in [0.25, 0.3) is 5.91 Å². The molecule has 106 valence electrons. The Morgan fingerprint density at radius 2 is 2.50 bits per heavy atom. The van der Waals surface area contributed by atoms with Crippen LogP contribution in [0, 0.1) is 6.92 Å². The molecule has 0 fully saturated rings. The number of anilines is 1. The van der Waals surface area contributed by atoms with E-state index in [4.69, 9.17) is 4.52 Å². The molecular formula is C14H18N3O2S+. The number of hydrogen-bond donors (Lipinski definition) is 2. The minimum absolute atomic E-state index is 0.0150. The third-order valence-electron chi connectivity index (χ3n) is 3.82. The molecule has 1 aliphatic heterocycles. The third-order valence-corrected chi connectivity index (χ3v) is 4.81. The summed E-state index contributed by atoms with van der Waals surface area (Å²) in [6.07, 6.45) is 1.06. The lowest BCUT2D eigenvalue weighted by Gasteiger charge is -2.29. The molecule has 0 bridgehead atoms. The molecule has 2 N–H and O–H groups in total. The molecule has 6 heteroatoms. The molecule has 0 saturated heterocycles. The average Bonchev–Trinajstić information content (AvgIpc) is 3.02. The molecule has 2 aromatic heterocycles. The minimum atomic E-state index is -0.0150. The van der Waals surface area contributed by atoms with Gasteiger partial charge in [0, 0.05) is 22.9 Å². The molecule has 5 nitrogen and oxygen atoms in total. The van der Waals surface area contributed by atoms with Crippen LogP contribution in [0.3, 0.4) is 0 Å². The van der Waals surface area contributed by atoms with Crippen LogP contribution < -0.4 is 10.2 Å². The number of thiophene rings is 1. The fourth-order valence-corrected chi connectivity index (χ4v) is 3.69. The van der Waals surface area contributed by atoms with Gasteiger partial charge >= 0.3 is 0 Å². The molecule has 0 aromatic carbocycles. The lowest BCUT2D eigenvalue weighted by atomic mass is 10.0. The van der Waals surface area contributed by atoms with Gasteiger partial charge in [0.2, 0.25) is 0 Å². The molecule has 1 amide bonds. The maximum absolute atomic E-state index is 12.1. The number of rotatable bonds is 3. The number of amides is 1. The lowest BCUT2D eigenvalue weighted by molar-refractivity contribution is -0.923. The first-order chi connectivity index (χ1) is 9.63. The summed E-state index contributed by atoms with van der Waals surface area (Å²) in [5.41, 5.74) is 1.39. The molecule has 0 spiro atoms. The summed E-state index contributed by atoms with van der Waals surface area (Å²) in [5.74, 6) is 1.17. The van der Waals surface area contributed by atoms with Crippen molar-refractivity contribution in [1.29, 1.82) is 0 Å². The first kappa shape index (κ1) is 13.3. The summed E-state index contributed by atoms with van der Waals surface area (Å²) in [6.45, 7) is 5.45. The Kier molecular flexibility index (Phi) is 3.58. The predicted molar refractivity (Wildman–Crippen MR) is 77.0 cm³/mol. The summed E-state index contributed by atoms with van der Waals surface area (Å²) in [7, 11) is 0. The van der Waals surface area contributed by atoms with Crippen LogP contribution in [0.5, 0.6) is 0 Å². The Labute approximate surface area is 121 Å². The molecule has 0 radical (unpaired) electrons. The minimum Gasteiger partial charge on any atom is -0.360 e. The second-order valence-corrected chi connectivity index (χ2v) is 6.23. The number of aromatic nitrogens is 1. The van der Waals surface area contributed by atoms with Gasteiger partial charge in [-0.05, 0) is 25.3 Å². The summed E-state index contributed by atoms with van der Waals surface area (Å²) in [6, 6.07) is 4.28. The van der Waals surface area contributed by atoms with Gasteiger partial charge in [-0.2, -0.15) is 0 Å². The summed E-state index contributed by atoms with van der Waals surface area (Å²) >= 11 is 1.82. The van der Waals surface area contributed by atoms with E-state index in [1.54, 1.807) is 13.0 Å². The molecule has 0 saturated carbocycles. The largest absolute Gasteiger partial charge is 0.360 e. The van der Waals surface area contributed by atoms with Crippen molar-refractivity contribution in [1.82, 2.24) is 5.16 Å². The van der Waals surface area contributed by atoms with Crippen LogP contribution in [0.25, 0.3) is 0 Å². The van der Waals surface area contributed by atoms with E-state index in [1.165, 1.54) is 15.3 Å². The Morgan fingerprint density at radius 3 is 3.25 bits per heavy atom. The van der Waals surface area contributed by atoms with Crippen LogP contribution in [0.4, 0.5) is 5.82 Å². The van der Waals surface area contributed by atoms with Crippen molar-refractivity contribution in [3.63, 3.8) is 0 Å². The van der Waals surface area contributed by atoms with Crippen LogP contribution in [-0.4, -0.2) is 24.2 Å². The van der Waals surface area contributed by atoms with Crippen molar-refractivity contribution in [3.05, 3.63) is 33.7 Å². The zero-order valence-corrected chi connectivity index (χ0v) is 12.4. The number of quaternary nitrogens is 1. The Hall–Kier alpha value is -1.66. The van der Waals surface area contributed by atoms with E-state index in [0.29, 0.717) is 24.2 Å². The van der Waals surface area contributed by atoms with E-state index in [-0.39, 0.29) is 5.91 Å². The lowest BCUT2D eigenvalue weighted by Crippen LogP contribution is -3.14. The maximum Gasteiger partial charge on any atom is 0.280 e. The van der Waals surface area contributed by atoms with E-state index in [1.807, 2.05) is 11.3 Å². The highest BCUT2D eigenvalue weighted by Gasteiger charge is 2.29. The smallest absolute Gasteiger partial charge is 0.280 e. The van der Waals surface area contributed by atoms with Crippen molar-refractivity contribution < 1.29 is 14.2 Å². The normalized spacial score (nSPS) is 21.5. The predicted octanol–water partition coefficient (Wildman–Crippen LogP) is 1.19. The first-order valence-electron chi connectivity index (χ1n) is 6.77. The van der Waals surface area contributed by atoms with Gasteiger partial charge in [0.15, 0.2) is 12.4 Å².